The highest BCUT2D eigenvalue weighted by atomic mass is 15.2. The quantitative estimate of drug-likeness (QED) is 0.845. The molecular weight excluding hydrogens is 208 g/mol. The topological polar surface area (TPSA) is 29.3 Å². The normalized spacial score (nSPS) is 15.6. The zero-order valence-corrected chi connectivity index (χ0v) is 11.3. The highest BCUT2D eigenvalue weighted by molar-refractivity contribution is 5.37. The van der Waals surface area contributed by atoms with E-state index in [2.05, 4.69) is 37.8 Å². The van der Waals surface area contributed by atoms with Crippen molar-refractivity contribution < 1.29 is 0 Å². The third-order valence-electron chi connectivity index (χ3n) is 3.68. The summed E-state index contributed by atoms with van der Waals surface area (Å²) in [6, 6.07) is 5.37. The van der Waals surface area contributed by atoms with Crippen LogP contribution in [0.25, 0.3) is 0 Å². The largest absolute Gasteiger partial charge is 0.329 e. The SMILES string of the molecule is Cc1cc(C)c(CN(CCN)C2CC2)c(C)c1. The molecular formula is C15H24N2. The third kappa shape index (κ3) is 3.08. The second kappa shape index (κ2) is 5.19. The van der Waals surface area contributed by atoms with Crippen LogP contribution in [-0.4, -0.2) is 24.0 Å². The summed E-state index contributed by atoms with van der Waals surface area (Å²) in [6.07, 6.45) is 2.70. The minimum absolute atomic E-state index is 0.764. The molecule has 0 spiro atoms. The first kappa shape index (κ1) is 12.6. The molecule has 1 aliphatic rings. The van der Waals surface area contributed by atoms with Crippen molar-refractivity contribution in [1.29, 1.82) is 0 Å². The number of nitrogens with two attached hydrogens (primary N) is 1. The van der Waals surface area contributed by atoms with Gasteiger partial charge in [-0.3, -0.25) is 4.90 Å². The van der Waals surface area contributed by atoms with E-state index in [9.17, 15) is 0 Å². The molecule has 1 aromatic carbocycles. The molecule has 0 radical (unpaired) electrons. The van der Waals surface area contributed by atoms with Gasteiger partial charge in [0.1, 0.15) is 0 Å². The van der Waals surface area contributed by atoms with E-state index >= 15 is 0 Å². The van der Waals surface area contributed by atoms with Gasteiger partial charge in [-0.2, -0.15) is 0 Å². The molecule has 2 N–H and O–H groups in total. The van der Waals surface area contributed by atoms with E-state index in [0.717, 1.165) is 25.7 Å². The van der Waals surface area contributed by atoms with Gasteiger partial charge in [-0.25, -0.2) is 0 Å². The van der Waals surface area contributed by atoms with Crippen LogP contribution in [0.3, 0.4) is 0 Å². The molecule has 0 heterocycles. The van der Waals surface area contributed by atoms with Gasteiger partial charge in [0.05, 0.1) is 0 Å². The Morgan fingerprint density at radius 2 is 1.76 bits per heavy atom. The van der Waals surface area contributed by atoms with E-state index < -0.39 is 0 Å². The van der Waals surface area contributed by atoms with Crippen LogP contribution in [0, 0.1) is 20.8 Å². The fraction of sp³-hybridized carbons (Fsp3) is 0.600. The van der Waals surface area contributed by atoms with Crippen molar-refractivity contribution in [3.63, 3.8) is 0 Å². The summed E-state index contributed by atoms with van der Waals surface area (Å²) in [6.45, 7) is 9.48. The monoisotopic (exact) mass is 232 g/mol. The average molecular weight is 232 g/mol. The summed E-state index contributed by atoms with van der Waals surface area (Å²) in [5.74, 6) is 0. The number of aryl methyl sites for hydroxylation is 3. The lowest BCUT2D eigenvalue weighted by atomic mass is 9.99. The first-order valence-electron chi connectivity index (χ1n) is 6.62. The second-order valence-corrected chi connectivity index (χ2v) is 5.37. The Morgan fingerprint density at radius 1 is 1.18 bits per heavy atom. The van der Waals surface area contributed by atoms with Gasteiger partial charge >= 0.3 is 0 Å². The molecule has 2 heteroatoms. The molecule has 0 amide bonds. The molecule has 2 rings (SSSR count). The molecule has 94 valence electrons. The van der Waals surface area contributed by atoms with Gasteiger partial charge in [0.2, 0.25) is 0 Å². The molecule has 2 nitrogen and oxygen atoms in total. The van der Waals surface area contributed by atoms with E-state index in [1.165, 1.54) is 35.1 Å². The van der Waals surface area contributed by atoms with Gasteiger partial charge in [0, 0.05) is 25.7 Å². The van der Waals surface area contributed by atoms with Crippen molar-refractivity contribution in [1.82, 2.24) is 4.90 Å². The van der Waals surface area contributed by atoms with Gasteiger partial charge in [0.15, 0.2) is 0 Å². The summed E-state index contributed by atoms with van der Waals surface area (Å²) in [4.78, 5) is 2.55. The number of hydrogen-bond donors (Lipinski definition) is 1. The maximum Gasteiger partial charge on any atom is 0.0242 e. The first-order chi connectivity index (χ1) is 8.11. The van der Waals surface area contributed by atoms with Crippen molar-refractivity contribution >= 4 is 0 Å². The summed E-state index contributed by atoms with van der Waals surface area (Å²) >= 11 is 0. The molecule has 0 bridgehead atoms. The number of hydrogen-bond acceptors (Lipinski definition) is 2. The predicted molar refractivity (Wildman–Crippen MR) is 73.1 cm³/mol. The first-order valence-corrected chi connectivity index (χ1v) is 6.62. The summed E-state index contributed by atoms with van der Waals surface area (Å²) < 4.78 is 0. The number of nitrogens with zero attached hydrogens (tertiary/aromatic N) is 1. The van der Waals surface area contributed by atoms with Crippen LogP contribution < -0.4 is 5.73 Å². The van der Waals surface area contributed by atoms with Gasteiger partial charge in [-0.1, -0.05) is 17.7 Å². The Hall–Kier alpha value is -0.860. The minimum atomic E-state index is 0.764. The maximum atomic E-state index is 5.71. The molecule has 0 aromatic heterocycles. The summed E-state index contributed by atoms with van der Waals surface area (Å²) in [7, 11) is 0. The summed E-state index contributed by atoms with van der Waals surface area (Å²) in [5, 5.41) is 0. The highest BCUT2D eigenvalue weighted by Crippen LogP contribution is 2.29. The van der Waals surface area contributed by atoms with E-state index in [4.69, 9.17) is 5.73 Å². The Kier molecular flexibility index (Phi) is 3.85. The standard InChI is InChI=1S/C15H24N2/c1-11-8-12(2)15(13(3)9-11)10-17(7-6-16)14-4-5-14/h8-9,14H,4-7,10,16H2,1-3H3. The molecule has 1 aromatic rings. The molecule has 17 heavy (non-hydrogen) atoms. The fourth-order valence-corrected chi connectivity index (χ4v) is 2.66. The molecule has 1 aliphatic carbocycles. The Morgan fingerprint density at radius 3 is 2.24 bits per heavy atom. The van der Waals surface area contributed by atoms with Crippen LogP contribution in [0.15, 0.2) is 12.1 Å². The zero-order valence-electron chi connectivity index (χ0n) is 11.3. The highest BCUT2D eigenvalue weighted by Gasteiger charge is 2.28. The zero-order chi connectivity index (χ0) is 12.4. The Balaban J connectivity index is 2.16. The van der Waals surface area contributed by atoms with Crippen LogP contribution in [0.4, 0.5) is 0 Å². The molecule has 0 aliphatic heterocycles. The van der Waals surface area contributed by atoms with Crippen LogP contribution in [-0.2, 0) is 6.54 Å². The van der Waals surface area contributed by atoms with Gasteiger partial charge < -0.3 is 5.73 Å². The molecule has 1 fully saturated rings. The maximum absolute atomic E-state index is 5.71. The van der Waals surface area contributed by atoms with Crippen molar-refractivity contribution in [2.24, 2.45) is 5.73 Å². The Bertz CT molecular complexity index is 371. The van der Waals surface area contributed by atoms with E-state index in [0.29, 0.717) is 0 Å². The van der Waals surface area contributed by atoms with E-state index in [-0.39, 0.29) is 0 Å². The molecule has 1 saturated carbocycles. The van der Waals surface area contributed by atoms with Crippen molar-refractivity contribution in [2.45, 2.75) is 46.2 Å². The van der Waals surface area contributed by atoms with Crippen molar-refractivity contribution in [3.8, 4) is 0 Å². The second-order valence-electron chi connectivity index (χ2n) is 5.37. The fourth-order valence-electron chi connectivity index (χ4n) is 2.66. The lowest BCUT2D eigenvalue weighted by Crippen LogP contribution is -2.31. The van der Waals surface area contributed by atoms with Crippen molar-refractivity contribution in [2.75, 3.05) is 13.1 Å². The van der Waals surface area contributed by atoms with E-state index in [1.807, 2.05) is 0 Å². The lowest BCUT2D eigenvalue weighted by molar-refractivity contribution is 0.261. The van der Waals surface area contributed by atoms with E-state index in [1.54, 1.807) is 0 Å². The summed E-state index contributed by atoms with van der Waals surface area (Å²) in [5.41, 5.74) is 11.4. The third-order valence-corrected chi connectivity index (χ3v) is 3.68. The van der Waals surface area contributed by atoms with Gasteiger partial charge in [0.25, 0.3) is 0 Å². The van der Waals surface area contributed by atoms with Crippen LogP contribution in [0.5, 0.6) is 0 Å². The molecule has 0 unspecified atom stereocenters. The predicted octanol–water partition coefficient (Wildman–Crippen LogP) is 2.53. The van der Waals surface area contributed by atoms with Crippen LogP contribution >= 0.6 is 0 Å². The van der Waals surface area contributed by atoms with Gasteiger partial charge in [-0.15, -0.1) is 0 Å². The van der Waals surface area contributed by atoms with Crippen LogP contribution in [0.1, 0.15) is 35.1 Å². The average Bonchev–Trinajstić information content (AvgIpc) is 3.05. The number of benzene rings is 1. The molecule has 0 atom stereocenters. The van der Waals surface area contributed by atoms with Crippen LogP contribution in [0.2, 0.25) is 0 Å². The number of rotatable bonds is 5. The molecule has 0 saturated heterocycles. The smallest absolute Gasteiger partial charge is 0.0242 e. The minimum Gasteiger partial charge on any atom is -0.329 e. The lowest BCUT2D eigenvalue weighted by Gasteiger charge is -2.23. The van der Waals surface area contributed by atoms with Gasteiger partial charge in [-0.05, 0) is 50.3 Å². The van der Waals surface area contributed by atoms with Crippen molar-refractivity contribution in [3.05, 3.63) is 34.4 Å². The Labute approximate surface area is 105 Å².